The zero-order valence-corrected chi connectivity index (χ0v) is 26.9. The van der Waals surface area contributed by atoms with Crippen LogP contribution >= 0.6 is 11.8 Å². The molecule has 3 aromatic rings. The maximum Gasteiger partial charge on any atom is 0.284 e. The molecule has 1 spiro atoms. The van der Waals surface area contributed by atoms with E-state index in [1.54, 1.807) is 17.1 Å². The molecule has 41 heavy (non-hydrogen) atoms. The number of hydrogen-bond acceptors (Lipinski definition) is 5. The van der Waals surface area contributed by atoms with Crippen molar-refractivity contribution in [1.29, 1.82) is 0 Å². The second-order valence-corrected chi connectivity index (χ2v) is 18.7. The molecule has 0 radical (unpaired) electrons. The van der Waals surface area contributed by atoms with Crippen LogP contribution in [0.2, 0.25) is 5.04 Å². The second kappa shape index (κ2) is 11.9. The van der Waals surface area contributed by atoms with E-state index in [4.69, 9.17) is 4.43 Å². The van der Waals surface area contributed by atoms with Crippen LogP contribution in [-0.4, -0.2) is 45.9 Å². The van der Waals surface area contributed by atoms with E-state index in [2.05, 4.69) is 78.8 Å². The van der Waals surface area contributed by atoms with Crippen molar-refractivity contribution < 1.29 is 12.8 Å². The first kappa shape index (κ1) is 29.8. The largest absolute Gasteiger partial charge is 0.403 e. The Kier molecular flexibility index (Phi) is 8.62. The van der Waals surface area contributed by atoms with Crippen molar-refractivity contribution in [2.75, 3.05) is 12.8 Å². The number of rotatable bonds is 7. The summed E-state index contributed by atoms with van der Waals surface area (Å²) in [6.07, 6.45) is 8.41. The Morgan fingerprint density at radius 2 is 1.51 bits per heavy atom. The van der Waals surface area contributed by atoms with E-state index in [1.807, 2.05) is 36.7 Å². The quantitative estimate of drug-likeness (QED) is 0.187. The molecule has 0 amide bonds. The van der Waals surface area contributed by atoms with E-state index in [-0.39, 0.29) is 15.3 Å². The molecule has 216 valence electrons. The lowest BCUT2D eigenvalue weighted by molar-refractivity contribution is 0.286. The van der Waals surface area contributed by atoms with Gasteiger partial charge in [-0.05, 0) is 52.2 Å². The molecule has 2 aliphatic rings. The molecule has 0 saturated heterocycles. The van der Waals surface area contributed by atoms with Crippen molar-refractivity contribution >= 4 is 51.9 Å². The van der Waals surface area contributed by atoms with Gasteiger partial charge in [-0.25, -0.2) is 5.01 Å². The molecule has 0 unspecified atom stereocenters. The number of nitrogens with zero attached hydrogens (tertiary/aromatic N) is 3. The average Bonchev–Trinajstić information content (AvgIpc) is 3.62. The molecule has 0 N–H and O–H groups in total. The normalized spacial score (nSPS) is 17.5. The van der Waals surface area contributed by atoms with Crippen molar-refractivity contribution in [2.45, 2.75) is 63.0 Å². The van der Waals surface area contributed by atoms with E-state index < -0.39 is 18.3 Å². The fourth-order valence-electron chi connectivity index (χ4n) is 6.11. The van der Waals surface area contributed by atoms with E-state index in [9.17, 15) is 8.42 Å². The molecule has 1 aliphatic heterocycles. The summed E-state index contributed by atoms with van der Waals surface area (Å²) >= 11 is 1.31. The third-order valence-electron chi connectivity index (χ3n) is 8.23. The first-order valence-corrected chi connectivity index (χ1v) is 18.7. The van der Waals surface area contributed by atoms with Gasteiger partial charge in [-0.1, -0.05) is 118 Å². The van der Waals surface area contributed by atoms with Gasteiger partial charge in [-0.15, -0.1) is 4.40 Å². The van der Waals surface area contributed by atoms with Crippen molar-refractivity contribution in [3.8, 4) is 0 Å². The summed E-state index contributed by atoms with van der Waals surface area (Å²) in [6.45, 7) is 7.80. The molecular weight excluding hydrogens is 567 g/mol. The highest BCUT2D eigenvalue weighted by atomic mass is 32.2. The minimum absolute atomic E-state index is 0.0625. The lowest BCUT2D eigenvalue weighted by Crippen LogP contribution is -2.66. The molecular formula is C32H39N3O3S2Si. The summed E-state index contributed by atoms with van der Waals surface area (Å²) in [6, 6.07) is 27.9. The molecule has 5 rings (SSSR count). The van der Waals surface area contributed by atoms with Gasteiger partial charge in [0.2, 0.25) is 0 Å². The van der Waals surface area contributed by atoms with Gasteiger partial charge in [0.05, 0.1) is 18.0 Å². The summed E-state index contributed by atoms with van der Waals surface area (Å²) < 4.78 is 37.8. The van der Waals surface area contributed by atoms with Crippen LogP contribution in [0.4, 0.5) is 0 Å². The highest BCUT2D eigenvalue weighted by Gasteiger charge is 2.50. The number of sulfonamides is 1. The van der Waals surface area contributed by atoms with Gasteiger partial charge in [-0.3, -0.25) is 0 Å². The molecule has 0 atom stereocenters. The Morgan fingerprint density at radius 1 is 0.951 bits per heavy atom. The van der Waals surface area contributed by atoms with E-state index in [0.717, 1.165) is 18.4 Å². The van der Waals surface area contributed by atoms with Crippen LogP contribution in [0.15, 0.2) is 99.3 Å². The van der Waals surface area contributed by atoms with Crippen LogP contribution in [0.1, 0.15) is 52.0 Å². The van der Waals surface area contributed by atoms with Gasteiger partial charge in [0.1, 0.15) is 0 Å². The number of thioether (sulfide) groups is 1. The van der Waals surface area contributed by atoms with Crippen LogP contribution in [0.3, 0.4) is 0 Å². The minimum atomic E-state index is -3.89. The Bertz CT molecular complexity index is 1460. The molecule has 1 fully saturated rings. The highest BCUT2D eigenvalue weighted by Crippen LogP contribution is 2.41. The average molecular weight is 606 g/mol. The Hall–Kier alpha value is -2.72. The zero-order valence-electron chi connectivity index (χ0n) is 24.3. The van der Waals surface area contributed by atoms with Crippen molar-refractivity contribution in [2.24, 2.45) is 14.9 Å². The first-order chi connectivity index (χ1) is 19.6. The van der Waals surface area contributed by atoms with Crippen LogP contribution in [-0.2, 0) is 21.1 Å². The van der Waals surface area contributed by atoms with Crippen LogP contribution in [0.25, 0.3) is 0 Å². The molecule has 6 nitrogen and oxygen atoms in total. The first-order valence-electron chi connectivity index (χ1n) is 14.1. The lowest BCUT2D eigenvalue weighted by atomic mass is 9.89. The Morgan fingerprint density at radius 3 is 2.02 bits per heavy atom. The van der Waals surface area contributed by atoms with Gasteiger partial charge in [0.25, 0.3) is 18.3 Å². The minimum Gasteiger partial charge on any atom is -0.403 e. The maximum atomic E-state index is 13.3. The maximum absolute atomic E-state index is 13.3. The third-order valence-corrected chi connectivity index (χ3v) is 15.3. The summed E-state index contributed by atoms with van der Waals surface area (Å²) in [7, 11) is -6.59. The third kappa shape index (κ3) is 6.09. The molecule has 1 saturated carbocycles. The topological polar surface area (TPSA) is 71.3 Å². The molecule has 1 aliphatic carbocycles. The smallest absolute Gasteiger partial charge is 0.284 e. The standard InChI is InChI=1S/C32H39N3O3S2Si/c1-31(2,3)41(28-13-7-5-8-14-28,29-15-9-6-10-16-29)38-23-26-17-19-27(20-18-26)40(36,37)34-30(39-4)35-25-32(24-33-35)21-11-12-22-32/h5-10,13-20,24H,11-12,21-23,25H2,1-4H3/b34-30+. The molecule has 0 aromatic heterocycles. The summed E-state index contributed by atoms with van der Waals surface area (Å²) in [4.78, 5) is 0.164. The monoisotopic (exact) mass is 605 g/mol. The summed E-state index contributed by atoms with van der Waals surface area (Å²) in [5, 5.41) is 8.96. The summed E-state index contributed by atoms with van der Waals surface area (Å²) in [5.74, 6) is 0. The predicted molar refractivity (Wildman–Crippen MR) is 173 cm³/mol. The van der Waals surface area contributed by atoms with E-state index >= 15 is 0 Å². The van der Waals surface area contributed by atoms with Crippen molar-refractivity contribution in [3.05, 3.63) is 90.5 Å². The summed E-state index contributed by atoms with van der Waals surface area (Å²) in [5.41, 5.74) is 0.978. The lowest BCUT2D eigenvalue weighted by Gasteiger charge is -2.43. The number of benzene rings is 3. The van der Waals surface area contributed by atoms with Crippen molar-refractivity contribution in [3.63, 3.8) is 0 Å². The predicted octanol–water partition coefficient (Wildman–Crippen LogP) is 6.03. The molecule has 3 aromatic carbocycles. The zero-order chi connectivity index (χ0) is 29.1. The SMILES string of the molecule is CS/C(=N/S(=O)(=O)c1ccc(CO[Si](c2ccccc2)(c2ccccc2)C(C)(C)C)cc1)N1CC2(C=N1)CCCC2. The van der Waals surface area contributed by atoms with E-state index in [0.29, 0.717) is 18.3 Å². The fraction of sp³-hybridized carbons (Fsp3) is 0.375. The number of hydrazone groups is 1. The molecule has 9 heteroatoms. The van der Waals surface area contributed by atoms with Crippen LogP contribution in [0, 0.1) is 5.41 Å². The fourth-order valence-corrected chi connectivity index (χ4v) is 12.5. The van der Waals surface area contributed by atoms with Crippen LogP contribution in [0.5, 0.6) is 0 Å². The molecule has 1 heterocycles. The second-order valence-electron chi connectivity index (χ2n) is 12.0. The van der Waals surface area contributed by atoms with Gasteiger partial charge < -0.3 is 4.43 Å². The van der Waals surface area contributed by atoms with E-state index in [1.165, 1.54) is 35.0 Å². The van der Waals surface area contributed by atoms with Gasteiger partial charge in [-0.2, -0.15) is 13.5 Å². The van der Waals surface area contributed by atoms with Crippen molar-refractivity contribution in [1.82, 2.24) is 5.01 Å². The highest BCUT2D eigenvalue weighted by molar-refractivity contribution is 8.13. The number of hydrogen-bond donors (Lipinski definition) is 0. The Labute approximate surface area is 250 Å². The number of amidine groups is 1. The Balaban J connectivity index is 1.38. The molecule has 0 bridgehead atoms. The van der Waals surface area contributed by atoms with Gasteiger partial charge in [0, 0.05) is 11.6 Å². The van der Waals surface area contributed by atoms with Crippen LogP contribution < -0.4 is 10.4 Å². The van der Waals surface area contributed by atoms with Gasteiger partial charge in [0.15, 0.2) is 5.17 Å². The van der Waals surface area contributed by atoms with Gasteiger partial charge >= 0.3 is 0 Å².